The highest BCUT2D eigenvalue weighted by molar-refractivity contribution is 7.98. The molecule has 0 aliphatic carbocycles. The first-order valence-corrected chi connectivity index (χ1v) is 7.60. The monoisotopic (exact) mass is 284 g/mol. The first-order chi connectivity index (χ1) is 9.60. The second-order valence-electron chi connectivity index (χ2n) is 4.62. The largest absolute Gasteiger partial charge is 0.294 e. The van der Waals surface area contributed by atoms with Crippen molar-refractivity contribution in [3.63, 3.8) is 0 Å². The van der Waals surface area contributed by atoms with E-state index in [1.807, 2.05) is 37.4 Å². The average molecular weight is 284 g/mol. The predicted octanol–water partition coefficient (Wildman–Crippen LogP) is 4.17. The van der Waals surface area contributed by atoms with E-state index in [4.69, 9.17) is 0 Å². The molecule has 0 aliphatic rings. The molecule has 0 atom stereocenters. The molecule has 0 spiro atoms. The number of aryl methyl sites for hydroxylation is 1. The zero-order valence-corrected chi connectivity index (χ0v) is 12.4. The van der Waals surface area contributed by atoms with Crippen molar-refractivity contribution >= 4 is 23.3 Å². The number of benzene rings is 2. The Labute approximate surface area is 123 Å². The standard InChI is InChI=1S/C17H16O2S/c1-12-3-5-13(6-4-12)16(18)11-17(19)14-7-9-15(20-2)10-8-14/h3-10H,11H2,1-2H3. The molecule has 0 saturated heterocycles. The van der Waals surface area contributed by atoms with Crippen molar-refractivity contribution in [3.8, 4) is 0 Å². The average Bonchev–Trinajstić information content (AvgIpc) is 2.48. The summed E-state index contributed by atoms with van der Waals surface area (Å²) in [7, 11) is 0. The molecule has 0 bridgehead atoms. The molecule has 0 heterocycles. The van der Waals surface area contributed by atoms with E-state index in [1.165, 1.54) is 0 Å². The topological polar surface area (TPSA) is 34.1 Å². The van der Waals surface area contributed by atoms with Crippen molar-refractivity contribution in [2.45, 2.75) is 18.2 Å². The number of Topliss-reactive ketones (excluding diaryl/α,β-unsaturated/α-hetero) is 2. The SMILES string of the molecule is CSc1ccc(C(=O)CC(=O)c2ccc(C)cc2)cc1. The quantitative estimate of drug-likeness (QED) is 0.469. The summed E-state index contributed by atoms with van der Waals surface area (Å²) >= 11 is 1.62. The lowest BCUT2D eigenvalue weighted by Gasteiger charge is -2.03. The summed E-state index contributed by atoms with van der Waals surface area (Å²) in [4.78, 5) is 25.2. The van der Waals surface area contributed by atoms with Gasteiger partial charge < -0.3 is 0 Å². The van der Waals surface area contributed by atoms with Crippen LogP contribution in [0.3, 0.4) is 0 Å². The van der Waals surface area contributed by atoms with Gasteiger partial charge in [0.25, 0.3) is 0 Å². The zero-order valence-electron chi connectivity index (χ0n) is 11.6. The molecular formula is C17H16O2S. The van der Waals surface area contributed by atoms with Crippen molar-refractivity contribution in [2.75, 3.05) is 6.26 Å². The zero-order chi connectivity index (χ0) is 14.5. The van der Waals surface area contributed by atoms with Crippen LogP contribution >= 0.6 is 11.8 Å². The van der Waals surface area contributed by atoms with Crippen molar-refractivity contribution in [2.24, 2.45) is 0 Å². The highest BCUT2D eigenvalue weighted by Crippen LogP contribution is 2.16. The van der Waals surface area contributed by atoms with Gasteiger partial charge in [-0.1, -0.05) is 42.0 Å². The summed E-state index contributed by atoms with van der Waals surface area (Å²) in [6.45, 7) is 1.96. The fourth-order valence-corrected chi connectivity index (χ4v) is 2.27. The smallest absolute Gasteiger partial charge is 0.170 e. The Kier molecular flexibility index (Phi) is 4.74. The Balaban J connectivity index is 2.06. The molecule has 2 aromatic carbocycles. The third-order valence-corrected chi connectivity index (χ3v) is 3.85. The van der Waals surface area contributed by atoms with E-state index < -0.39 is 0 Å². The Morgan fingerprint density at radius 2 is 1.30 bits per heavy atom. The maximum Gasteiger partial charge on any atom is 0.170 e. The van der Waals surface area contributed by atoms with Crippen molar-refractivity contribution in [1.29, 1.82) is 0 Å². The molecule has 0 amide bonds. The fourth-order valence-electron chi connectivity index (χ4n) is 1.87. The van der Waals surface area contributed by atoms with Crippen LogP contribution < -0.4 is 0 Å². The molecular weight excluding hydrogens is 268 g/mol. The molecule has 20 heavy (non-hydrogen) atoms. The number of rotatable bonds is 5. The lowest BCUT2D eigenvalue weighted by molar-refractivity contribution is 0.0894. The van der Waals surface area contributed by atoms with Gasteiger partial charge >= 0.3 is 0 Å². The molecule has 0 aromatic heterocycles. The minimum Gasteiger partial charge on any atom is -0.294 e. The molecule has 2 aromatic rings. The van der Waals surface area contributed by atoms with Crippen LogP contribution in [-0.4, -0.2) is 17.8 Å². The molecule has 0 N–H and O–H groups in total. The van der Waals surface area contributed by atoms with Gasteiger partial charge in [-0.25, -0.2) is 0 Å². The fraction of sp³-hybridized carbons (Fsp3) is 0.176. The van der Waals surface area contributed by atoms with E-state index in [2.05, 4.69) is 0 Å². The van der Waals surface area contributed by atoms with E-state index in [0.717, 1.165) is 10.5 Å². The Morgan fingerprint density at radius 3 is 1.75 bits per heavy atom. The summed E-state index contributed by atoms with van der Waals surface area (Å²) in [5.41, 5.74) is 2.27. The number of ketones is 2. The van der Waals surface area contributed by atoms with Crippen molar-refractivity contribution < 1.29 is 9.59 Å². The molecule has 0 saturated carbocycles. The molecule has 2 rings (SSSR count). The lowest BCUT2D eigenvalue weighted by Crippen LogP contribution is -2.08. The number of carbonyl (C=O) groups is 2. The summed E-state index contributed by atoms with van der Waals surface area (Å²) in [5, 5.41) is 0. The highest BCUT2D eigenvalue weighted by atomic mass is 32.2. The first-order valence-electron chi connectivity index (χ1n) is 6.37. The Hall–Kier alpha value is -1.87. The maximum absolute atomic E-state index is 12.1. The van der Waals surface area contributed by atoms with E-state index in [9.17, 15) is 9.59 Å². The van der Waals surface area contributed by atoms with Gasteiger partial charge in [0.1, 0.15) is 0 Å². The van der Waals surface area contributed by atoms with Crippen molar-refractivity contribution in [3.05, 3.63) is 65.2 Å². The third-order valence-electron chi connectivity index (χ3n) is 3.11. The third kappa shape index (κ3) is 3.58. The van der Waals surface area contributed by atoms with Gasteiger partial charge in [-0.2, -0.15) is 0 Å². The van der Waals surface area contributed by atoms with E-state index in [1.54, 1.807) is 36.0 Å². The van der Waals surface area contributed by atoms with Gasteiger partial charge in [-0.3, -0.25) is 9.59 Å². The number of thioether (sulfide) groups is 1. The summed E-state index contributed by atoms with van der Waals surface area (Å²) in [6.07, 6.45) is 1.90. The maximum atomic E-state index is 12.1. The molecule has 0 aliphatic heterocycles. The van der Waals surface area contributed by atoms with Gasteiger partial charge in [0.2, 0.25) is 0 Å². The van der Waals surface area contributed by atoms with Crippen LogP contribution in [0.25, 0.3) is 0 Å². The second kappa shape index (κ2) is 6.53. The minimum atomic E-state index is -0.136. The highest BCUT2D eigenvalue weighted by Gasteiger charge is 2.13. The first kappa shape index (κ1) is 14.5. The van der Waals surface area contributed by atoms with Gasteiger partial charge in [0.05, 0.1) is 6.42 Å². The van der Waals surface area contributed by atoms with Crippen LogP contribution in [0.15, 0.2) is 53.4 Å². The molecule has 2 nitrogen and oxygen atoms in total. The molecule has 3 heteroatoms. The van der Waals surface area contributed by atoms with Crippen LogP contribution in [0.4, 0.5) is 0 Å². The molecule has 102 valence electrons. The number of hydrogen-bond donors (Lipinski definition) is 0. The van der Waals surface area contributed by atoms with Crippen molar-refractivity contribution in [1.82, 2.24) is 0 Å². The molecule has 0 radical (unpaired) electrons. The lowest BCUT2D eigenvalue weighted by atomic mass is 10.0. The van der Waals surface area contributed by atoms with Crippen LogP contribution in [0, 0.1) is 6.92 Å². The summed E-state index contributed by atoms with van der Waals surface area (Å²) < 4.78 is 0. The van der Waals surface area contributed by atoms with E-state index in [0.29, 0.717) is 11.1 Å². The van der Waals surface area contributed by atoms with Crippen LogP contribution in [0.2, 0.25) is 0 Å². The van der Waals surface area contributed by atoms with E-state index >= 15 is 0 Å². The van der Waals surface area contributed by atoms with Gasteiger partial charge in [-0.15, -0.1) is 11.8 Å². The van der Waals surface area contributed by atoms with E-state index in [-0.39, 0.29) is 18.0 Å². The number of carbonyl (C=O) groups excluding carboxylic acids is 2. The minimum absolute atomic E-state index is 0.0817. The molecule has 0 unspecified atom stereocenters. The normalized spacial score (nSPS) is 10.3. The van der Waals surface area contributed by atoms with Crippen LogP contribution in [0.1, 0.15) is 32.7 Å². The van der Waals surface area contributed by atoms with Gasteiger partial charge in [0.15, 0.2) is 11.6 Å². The van der Waals surface area contributed by atoms with Crippen LogP contribution in [0.5, 0.6) is 0 Å². The molecule has 0 fully saturated rings. The van der Waals surface area contributed by atoms with Crippen LogP contribution in [-0.2, 0) is 0 Å². The second-order valence-corrected chi connectivity index (χ2v) is 5.50. The predicted molar refractivity (Wildman–Crippen MR) is 82.7 cm³/mol. The summed E-state index contributed by atoms with van der Waals surface area (Å²) in [5.74, 6) is -0.271. The Morgan fingerprint density at radius 1 is 0.850 bits per heavy atom. The summed E-state index contributed by atoms with van der Waals surface area (Å²) in [6, 6.07) is 14.6. The number of hydrogen-bond acceptors (Lipinski definition) is 3. The Bertz CT molecular complexity index is 612. The van der Waals surface area contributed by atoms with Gasteiger partial charge in [0, 0.05) is 16.0 Å². The van der Waals surface area contributed by atoms with Gasteiger partial charge in [-0.05, 0) is 25.3 Å².